The number of fused-ring (bicyclic) bond motifs is 1. The van der Waals surface area contributed by atoms with E-state index in [2.05, 4.69) is 25.5 Å². The third-order valence-electron chi connectivity index (χ3n) is 6.42. The van der Waals surface area contributed by atoms with Gasteiger partial charge in [0.15, 0.2) is 16.3 Å². The third kappa shape index (κ3) is 4.32. The summed E-state index contributed by atoms with van der Waals surface area (Å²) in [6, 6.07) is 4.81. The van der Waals surface area contributed by atoms with Crippen LogP contribution in [0.25, 0.3) is 6.08 Å². The van der Waals surface area contributed by atoms with Gasteiger partial charge in [-0.1, -0.05) is 27.3 Å². The van der Waals surface area contributed by atoms with Gasteiger partial charge >= 0.3 is 5.97 Å². The summed E-state index contributed by atoms with van der Waals surface area (Å²) in [7, 11) is 5.08. The number of ether oxygens (including phenoxy) is 3. The topological polar surface area (TPSA) is 84.1 Å². The molecule has 190 valence electrons. The van der Waals surface area contributed by atoms with Crippen LogP contribution >= 0.6 is 27.3 Å². The maximum atomic E-state index is 13.9. The van der Waals surface area contributed by atoms with E-state index in [4.69, 9.17) is 14.2 Å². The maximum Gasteiger partial charge on any atom is 0.338 e. The molecule has 0 saturated heterocycles. The van der Waals surface area contributed by atoms with E-state index in [0.29, 0.717) is 42.1 Å². The average molecular weight is 574 g/mol. The standard InChI is InChI=1S/C26H28BrN3O5S/c1-8-35-25(32)22-14(3)28-26-30(23(22)17-11-19(33-6)20(34-7)12-18(17)27)24(31)21(36-26)10-16-9-13(2)29(5)15(16)4/h9-12,23H,8H2,1-7H3/b21-10+/t23-/m1/s1. The lowest BCUT2D eigenvalue weighted by atomic mass is 9.95. The Morgan fingerprint density at radius 2 is 1.83 bits per heavy atom. The molecule has 4 rings (SSSR count). The molecule has 0 N–H and O–H groups in total. The van der Waals surface area contributed by atoms with Gasteiger partial charge in [-0.25, -0.2) is 9.79 Å². The summed E-state index contributed by atoms with van der Waals surface area (Å²) >= 11 is 4.91. The van der Waals surface area contributed by atoms with E-state index in [-0.39, 0.29) is 12.2 Å². The van der Waals surface area contributed by atoms with Crippen LogP contribution in [0.1, 0.15) is 42.4 Å². The van der Waals surface area contributed by atoms with E-state index in [1.54, 1.807) is 44.8 Å². The first-order valence-electron chi connectivity index (χ1n) is 11.4. The van der Waals surface area contributed by atoms with Crippen molar-refractivity contribution in [3.63, 3.8) is 0 Å². The lowest BCUT2D eigenvalue weighted by Crippen LogP contribution is -2.40. The molecule has 10 heteroatoms. The zero-order valence-electron chi connectivity index (χ0n) is 21.3. The zero-order valence-corrected chi connectivity index (χ0v) is 23.7. The highest BCUT2D eigenvalue weighted by Crippen LogP contribution is 2.40. The van der Waals surface area contributed by atoms with Gasteiger partial charge in [-0.05, 0) is 63.1 Å². The lowest BCUT2D eigenvalue weighted by molar-refractivity contribution is -0.139. The van der Waals surface area contributed by atoms with Crippen LogP contribution < -0.4 is 24.4 Å². The molecule has 1 aliphatic rings. The summed E-state index contributed by atoms with van der Waals surface area (Å²) in [5.74, 6) is 0.481. The van der Waals surface area contributed by atoms with Crippen LogP contribution in [0.4, 0.5) is 0 Å². The first-order chi connectivity index (χ1) is 17.1. The van der Waals surface area contributed by atoms with E-state index in [0.717, 1.165) is 17.0 Å². The number of methoxy groups -OCH3 is 2. The van der Waals surface area contributed by atoms with Gasteiger partial charge < -0.3 is 18.8 Å². The molecule has 0 fully saturated rings. The Hall–Kier alpha value is -3.11. The van der Waals surface area contributed by atoms with Gasteiger partial charge in [0.25, 0.3) is 5.56 Å². The van der Waals surface area contributed by atoms with Crippen molar-refractivity contribution in [3.8, 4) is 11.5 Å². The normalized spacial score (nSPS) is 15.6. The summed E-state index contributed by atoms with van der Waals surface area (Å²) in [5, 5.41) is 0. The van der Waals surface area contributed by atoms with Gasteiger partial charge in [0.2, 0.25) is 0 Å². The van der Waals surface area contributed by atoms with Crippen molar-refractivity contribution in [2.45, 2.75) is 33.7 Å². The molecule has 3 heterocycles. The third-order valence-corrected chi connectivity index (χ3v) is 8.09. The number of aromatic nitrogens is 2. The van der Waals surface area contributed by atoms with E-state index < -0.39 is 12.0 Å². The molecule has 0 aliphatic carbocycles. The molecule has 8 nitrogen and oxygen atoms in total. The Balaban J connectivity index is 2.03. The summed E-state index contributed by atoms with van der Waals surface area (Å²) in [6.07, 6.45) is 1.89. The monoisotopic (exact) mass is 573 g/mol. The zero-order chi connectivity index (χ0) is 26.3. The Labute approximate surface area is 221 Å². The molecule has 0 amide bonds. The lowest BCUT2D eigenvalue weighted by Gasteiger charge is -2.26. The number of thiazole rings is 1. The highest BCUT2D eigenvalue weighted by molar-refractivity contribution is 9.10. The van der Waals surface area contributed by atoms with Gasteiger partial charge in [0, 0.05) is 22.9 Å². The molecule has 0 radical (unpaired) electrons. The number of hydrogen-bond acceptors (Lipinski definition) is 7. The second kappa shape index (κ2) is 10.1. The molecular weight excluding hydrogens is 546 g/mol. The number of benzene rings is 1. The van der Waals surface area contributed by atoms with Crippen LogP contribution in [0.2, 0.25) is 0 Å². The fraction of sp³-hybridized carbons (Fsp3) is 0.346. The van der Waals surface area contributed by atoms with Crippen LogP contribution in [0.5, 0.6) is 11.5 Å². The first-order valence-corrected chi connectivity index (χ1v) is 13.0. The molecule has 1 atom stereocenters. The van der Waals surface area contributed by atoms with Crippen molar-refractivity contribution in [2.75, 3.05) is 20.8 Å². The minimum atomic E-state index is -0.768. The number of carbonyl (C=O) groups is 1. The van der Waals surface area contributed by atoms with Gasteiger partial charge in [0.05, 0.1) is 42.7 Å². The van der Waals surface area contributed by atoms with Crippen molar-refractivity contribution in [3.05, 3.63) is 76.1 Å². The van der Waals surface area contributed by atoms with Crippen LogP contribution in [0.3, 0.4) is 0 Å². The van der Waals surface area contributed by atoms with Crippen molar-refractivity contribution >= 4 is 39.3 Å². The molecule has 36 heavy (non-hydrogen) atoms. The van der Waals surface area contributed by atoms with Gasteiger partial charge in [0.1, 0.15) is 0 Å². The molecule has 0 unspecified atom stereocenters. The molecule has 0 bridgehead atoms. The van der Waals surface area contributed by atoms with E-state index in [9.17, 15) is 9.59 Å². The Kier molecular flexibility index (Phi) is 7.28. The number of halogens is 1. The molecule has 0 spiro atoms. The van der Waals surface area contributed by atoms with Crippen LogP contribution in [-0.2, 0) is 16.6 Å². The largest absolute Gasteiger partial charge is 0.493 e. The van der Waals surface area contributed by atoms with Crippen molar-refractivity contribution in [1.82, 2.24) is 9.13 Å². The van der Waals surface area contributed by atoms with Gasteiger partial charge in [-0.3, -0.25) is 9.36 Å². The number of esters is 1. The fourth-order valence-corrected chi connectivity index (χ4v) is 5.91. The van der Waals surface area contributed by atoms with Gasteiger partial charge in [-0.15, -0.1) is 0 Å². The van der Waals surface area contributed by atoms with Gasteiger partial charge in [-0.2, -0.15) is 0 Å². The molecule has 1 aromatic carbocycles. The SMILES string of the molecule is CCOC(=O)C1=C(C)N=c2s/c(=C/c3cc(C)n(C)c3C)c(=O)n2[C@@H]1c1cc(OC)c(OC)cc1Br. The van der Waals surface area contributed by atoms with E-state index in [1.807, 2.05) is 33.0 Å². The highest BCUT2D eigenvalue weighted by atomic mass is 79.9. The predicted molar refractivity (Wildman–Crippen MR) is 143 cm³/mol. The number of nitrogens with zero attached hydrogens (tertiary/aromatic N) is 3. The average Bonchev–Trinajstić information content (AvgIpc) is 3.28. The second-order valence-corrected chi connectivity index (χ2v) is 10.3. The molecule has 0 saturated carbocycles. The number of rotatable bonds is 6. The Morgan fingerprint density at radius 1 is 1.17 bits per heavy atom. The summed E-state index contributed by atoms with van der Waals surface area (Å²) in [5.41, 5.74) is 4.34. The van der Waals surface area contributed by atoms with Crippen molar-refractivity contribution in [1.29, 1.82) is 0 Å². The number of hydrogen-bond donors (Lipinski definition) is 0. The smallest absolute Gasteiger partial charge is 0.338 e. The fourth-order valence-electron chi connectivity index (χ4n) is 4.34. The maximum absolute atomic E-state index is 13.9. The number of carbonyl (C=O) groups excluding carboxylic acids is 1. The van der Waals surface area contributed by atoms with Crippen molar-refractivity contribution in [2.24, 2.45) is 12.0 Å². The summed E-state index contributed by atoms with van der Waals surface area (Å²) < 4.78 is 21.2. The Bertz CT molecular complexity index is 1580. The molecule has 3 aromatic rings. The minimum absolute atomic E-state index is 0.201. The Morgan fingerprint density at radius 3 is 2.42 bits per heavy atom. The second-order valence-electron chi connectivity index (χ2n) is 8.42. The number of aryl methyl sites for hydroxylation is 1. The first kappa shape index (κ1) is 26.0. The molecule has 2 aromatic heterocycles. The minimum Gasteiger partial charge on any atom is -0.493 e. The van der Waals surface area contributed by atoms with E-state index in [1.165, 1.54) is 11.3 Å². The molecule has 1 aliphatic heterocycles. The van der Waals surface area contributed by atoms with Crippen LogP contribution in [-0.4, -0.2) is 35.9 Å². The highest BCUT2D eigenvalue weighted by Gasteiger charge is 2.35. The quantitative estimate of drug-likeness (QED) is 0.421. The van der Waals surface area contributed by atoms with Crippen LogP contribution in [0, 0.1) is 13.8 Å². The predicted octanol–water partition coefficient (Wildman–Crippen LogP) is 3.53. The number of allylic oxidation sites excluding steroid dienone is 1. The van der Waals surface area contributed by atoms with E-state index >= 15 is 0 Å². The summed E-state index contributed by atoms with van der Waals surface area (Å²) in [6.45, 7) is 7.74. The summed E-state index contributed by atoms with van der Waals surface area (Å²) in [4.78, 5) is 32.2. The van der Waals surface area contributed by atoms with Crippen LogP contribution in [0.15, 0.2) is 43.7 Å². The van der Waals surface area contributed by atoms with Crippen molar-refractivity contribution < 1.29 is 19.0 Å². The molecular formula is C26H28BrN3O5S.